The van der Waals surface area contributed by atoms with Crippen LogP contribution in [0.1, 0.15) is 36.1 Å². The minimum Gasteiger partial charge on any atom is -0.496 e. The lowest BCUT2D eigenvalue weighted by molar-refractivity contribution is -0.122. The van der Waals surface area contributed by atoms with Crippen LogP contribution in [0.3, 0.4) is 0 Å². The number of carbonyl (C=O) groups excluding carboxylic acids is 1. The number of rotatable bonds is 12. The zero-order valence-corrected chi connectivity index (χ0v) is 23.6. The van der Waals surface area contributed by atoms with Crippen LogP contribution in [-0.4, -0.2) is 42.8 Å². The van der Waals surface area contributed by atoms with Gasteiger partial charge in [0.05, 0.1) is 20.3 Å². The molecule has 0 saturated carbocycles. The van der Waals surface area contributed by atoms with Gasteiger partial charge in [-0.3, -0.25) is 9.69 Å². The number of benzene rings is 3. The van der Waals surface area contributed by atoms with E-state index in [4.69, 9.17) is 31.2 Å². The Bertz CT molecular complexity index is 1350. The van der Waals surface area contributed by atoms with Crippen LogP contribution in [0.4, 0.5) is 0 Å². The smallest absolute Gasteiger partial charge is 0.276 e. The van der Waals surface area contributed by atoms with Crippen LogP contribution in [-0.2, 0) is 17.8 Å². The van der Waals surface area contributed by atoms with Crippen molar-refractivity contribution in [1.29, 1.82) is 0 Å². The molecule has 0 spiro atoms. The highest BCUT2D eigenvalue weighted by Gasteiger charge is 2.30. The Balaban J connectivity index is 1.44. The van der Waals surface area contributed by atoms with Crippen molar-refractivity contribution in [2.24, 2.45) is 0 Å². The number of thiocarbonyl (C=S) groups is 1. The highest BCUT2D eigenvalue weighted by Crippen LogP contribution is 2.29. The van der Waals surface area contributed by atoms with Crippen LogP contribution in [0.2, 0.25) is 0 Å². The summed E-state index contributed by atoms with van der Waals surface area (Å²) in [7, 11) is 1.63. The molecule has 1 aliphatic rings. The molecule has 0 aromatic heterocycles. The lowest BCUT2D eigenvalue weighted by Crippen LogP contribution is -2.32. The van der Waals surface area contributed by atoms with E-state index in [1.54, 1.807) is 18.1 Å². The molecule has 39 heavy (non-hydrogen) atoms. The fourth-order valence-corrected chi connectivity index (χ4v) is 4.51. The van der Waals surface area contributed by atoms with Gasteiger partial charge in [-0.15, -0.1) is 0 Å². The monoisotopic (exact) mass is 546 g/mol. The van der Waals surface area contributed by atoms with E-state index >= 15 is 0 Å². The zero-order chi connectivity index (χ0) is 27.8. The zero-order valence-electron chi connectivity index (χ0n) is 22.8. The normalized spacial score (nSPS) is 13.9. The summed E-state index contributed by atoms with van der Waals surface area (Å²) in [4.78, 5) is 14.8. The topological polar surface area (TPSA) is 69.3 Å². The van der Waals surface area contributed by atoms with E-state index in [1.165, 1.54) is 5.56 Å². The number of amides is 1. The minimum atomic E-state index is -0.163. The molecule has 4 rings (SSSR count). The van der Waals surface area contributed by atoms with Crippen LogP contribution in [0, 0.1) is 6.92 Å². The summed E-state index contributed by atoms with van der Waals surface area (Å²) in [6, 6.07) is 19.5. The second-order valence-corrected chi connectivity index (χ2v) is 9.40. The van der Waals surface area contributed by atoms with Crippen LogP contribution in [0.25, 0.3) is 6.08 Å². The van der Waals surface area contributed by atoms with E-state index in [1.807, 2.05) is 81.4 Å². The number of hydrogen-bond donors (Lipinski definition) is 1. The third-order valence-corrected chi connectivity index (χ3v) is 6.55. The standard InChI is InChI=1S/C31H34N2O5S/c1-5-36-28-14-9-22(19-29(28)37-6-2)15-16-33-30(34)26(32-31(33)39)18-23-10-13-27(35-4)24(17-23)20-38-25-11-7-21(3)8-12-25/h7-14,17-19H,5-6,15-16,20H2,1-4H3,(H,32,39)/b26-18+. The third-order valence-electron chi connectivity index (χ3n) is 6.22. The van der Waals surface area contributed by atoms with Gasteiger partial charge in [-0.25, -0.2) is 0 Å². The van der Waals surface area contributed by atoms with E-state index in [0.717, 1.165) is 22.4 Å². The molecule has 1 saturated heterocycles. The Labute approximate surface area is 235 Å². The van der Waals surface area contributed by atoms with Gasteiger partial charge in [-0.2, -0.15) is 0 Å². The van der Waals surface area contributed by atoms with Crippen molar-refractivity contribution in [2.45, 2.75) is 33.8 Å². The SMILES string of the molecule is CCOc1ccc(CCN2C(=O)/C(=C\c3ccc(OC)c(COc4ccc(C)cc4)c3)NC2=S)cc1OCC. The van der Waals surface area contributed by atoms with Crippen molar-refractivity contribution in [1.82, 2.24) is 10.2 Å². The fraction of sp³-hybridized carbons (Fsp3) is 0.290. The van der Waals surface area contributed by atoms with Gasteiger partial charge in [0.2, 0.25) is 0 Å². The fourth-order valence-electron chi connectivity index (χ4n) is 4.23. The Morgan fingerprint density at radius 2 is 1.62 bits per heavy atom. The summed E-state index contributed by atoms with van der Waals surface area (Å²) in [5.41, 5.74) is 4.34. The van der Waals surface area contributed by atoms with Crippen LogP contribution < -0.4 is 24.3 Å². The van der Waals surface area contributed by atoms with Crippen molar-refractivity contribution in [3.8, 4) is 23.0 Å². The predicted octanol–water partition coefficient (Wildman–Crippen LogP) is 5.68. The number of nitrogens with zero attached hydrogens (tertiary/aromatic N) is 1. The van der Waals surface area contributed by atoms with Crippen molar-refractivity contribution in [3.63, 3.8) is 0 Å². The van der Waals surface area contributed by atoms with E-state index in [9.17, 15) is 4.79 Å². The Hall–Kier alpha value is -4.04. The van der Waals surface area contributed by atoms with Crippen molar-refractivity contribution < 1.29 is 23.7 Å². The van der Waals surface area contributed by atoms with Gasteiger partial charge in [0, 0.05) is 12.1 Å². The van der Waals surface area contributed by atoms with Gasteiger partial charge in [0.1, 0.15) is 23.8 Å². The molecule has 1 fully saturated rings. The quantitative estimate of drug-likeness (QED) is 0.232. The first-order valence-electron chi connectivity index (χ1n) is 13.0. The van der Waals surface area contributed by atoms with Gasteiger partial charge in [-0.1, -0.05) is 29.8 Å². The molecule has 204 valence electrons. The first-order chi connectivity index (χ1) is 18.9. The largest absolute Gasteiger partial charge is 0.496 e. The maximum Gasteiger partial charge on any atom is 0.276 e. The van der Waals surface area contributed by atoms with Crippen LogP contribution in [0.15, 0.2) is 66.4 Å². The maximum absolute atomic E-state index is 13.2. The van der Waals surface area contributed by atoms with E-state index in [2.05, 4.69) is 5.32 Å². The van der Waals surface area contributed by atoms with Gasteiger partial charge in [0.25, 0.3) is 5.91 Å². The third kappa shape index (κ3) is 7.09. The molecule has 7 nitrogen and oxygen atoms in total. The molecule has 1 heterocycles. The number of methoxy groups -OCH3 is 1. The van der Waals surface area contributed by atoms with Gasteiger partial charge < -0.3 is 24.3 Å². The first kappa shape index (κ1) is 28.0. The molecule has 1 N–H and O–H groups in total. The van der Waals surface area contributed by atoms with Crippen LogP contribution in [0.5, 0.6) is 23.0 Å². The summed E-state index contributed by atoms with van der Waals surface area (Å²) in [6.45, 7) is 7.79. The van der Waals surface area contributed by atoms with E-state index in [0.29, 0.717) is 60.8 Å². The van der Waals surface area contributed by atoms with Gasteiger partial charge in [-0.05, 0) is 93.0 Å². The van der Waals surface area contributed by atoms with Crippen molar-refractivity contribution in [3.05, 3.63) is 88.6 Å². The predicted molar refractivity (Wildman–Crippen MR) is 156 cm³/mol. The molecule has 1 amide bonds. The van der Waals surface area contributed by atoms with Crippen LogP contribution >= 0.6 is 12.2 Å². The average molecular weight is 547 g/mol. The molecule has 0 atom stereocenters. The Morgan fingerprint density at radius 3 is 2.33 bits per heavy atom. The summed E-state index contributed by atoms with van der Waals surface area (Å²) >= 11 is 5.49. The van der Waals surface area contributed by atoms with E-state index in [-0.39, 0.29) is 5.91 Å². The number of hydrogen-bond acceptors (Lipinski definition) is 6. The second kappa shape index (κ2) is 13.2. The van der Waals surface area contributed by atoms with Gasteiger partial charge >= 0.3 is 0 Å². The highest BCUT2D eigenvalue weighted by molar-refractivity contribution is 7.80. The first-order valence-corrected chi connectivity index (χ1v) is 13.4. The molecule has 3 aromatic carbocycles. The number of aryl methyl sites for hydroxylation is 1. The summed E-state index contributed by atoms with van der Waals surface area (Å²) in [5.74, 6) is 2.75. The van der Waals surface area contributed by atoms with Gasteiger partial charge in [0.15, 0.2) is 16.6 Å². The molecule has 0 bridgehead atoms. The molecule has 0 unspecified atom stereocenters. The van der Waals surface area contributed by atoms with Crippen molar-refractivity contribution in [2.75, 3.05) is 26.9 Å². The second-order valence-electron chi connectivity index (χ2n) is 9.02. The lowest BCUT2D eigenvalue weighted by atomic mass is 10.1. The summed E-state index contributed by atoms with van der Waals surface area (Å²) in [5, 5.41) is 3.46. The maximum atomic E-state index is 13.2. The summed E-state index contributed by atoms with van der Waals surface area (Å²) in [6.07, 6.45) is 2.42. The molecule has 0 radical (unpaired) electrons. The summed E-state index contributed by atoms with van der Waals surface area (Å²) < 4.78 is 22.9. The molecule has 0 aliphatic carbocycles. The number of ether oxygens (including phenoxy) is 4. The number of carbonyl (C=O) groups is 1. The number of nitrogens with one attached hydrogen (secondary N) is 1. The molecule has 1 aliphatic heterocycles. The Kier molecular flexibility index (Phi) is 9.44. The molecule has 8 heteroatoms. The lowest BCUT2D eigenvalue weighted by Gasteiger charge is -2.16. The van der Waals surface area contributed by atoms with E-state index < -0.39 is 0 Å². The molecular formula is C31H34N2O5S. The Morgan fingerprint density at radius 1 is 0.897 bits per heavy atom. The minimum absolute atomic E-state index is 0.163. The average Bonchev–Trinajstić information content (AvgIpc) is 3.20. The highest BCUT2D eigenvalue weighted by atomic mass is 32.1. The molecule has 3 aromatic rings. The van der Waals surface area contributed by atoms with Crippen molar-refractivity contribution >= 4 is 29.3 Å². The molecular weight excluding hydrogens is 512 g/mol.